The van der Waals surface area contributed by atoms with E-state index in [1.807, 2.05) is 156 Å². The summed E-state index contributed by atoms with van der Waals surface area (Å²) in [6.45, 7) is 5.23. The topological polar surface area (TPSA) is 188 Å². The molecule has 434 valence electrons. The summed E-state index contributed by atoms with van der Waals surface area (Å²) in [5, 5.41) is 20.8. The first kappa shape index (κ1) is 58.5. The van der Waals surface area contributed by atoms with Gasteiger partial charge < -0.3 is 24.4 Å². The first-order valence-corrected chi connectivity index (χ1v) is 30.8. The number of hydrogen-bond donors (Lipinski definition) is 2. The Morgan fingerprint density at radius 3 is 1.72 bits per heavy atom. The van der Waals surface area contributed by atoms with E-state index in [0.29, 0.717) is 51.7 Å². The van der Waals surface area contributed by atoms with Gasteiger partial charge in [0.05, 0.1) is 19.0 Å². The molecule has 2 aromatic heterocycles. The molecule has 0 bridgehead atoms. The van der Waals surface area contributed by atoms with Gasteiger partial charge in [-0.25, -0.2) is 19.3 Å². The number of nitrogens with one attached hydrogen (secondary N) is 2. The second-order valence-electron chi connectivity index (χ2n) is 21.1. The molecule has 0 spiro atoms. The number of oxime groups is 1. The number of carbonyl (C=O) groups excluding carboxylic acids is 4. The third-order valence-electron chi connectivity index (χ3n) is 14.4. The summed E-state index contributed by atoms with van der Waals surface area (Å²) in [5.74, 6) is 0.109. The van der Waals surface area contributed by atoms with Gasteiger partial charge in [0.1, 0.15) is 45.4 Å². The zero-order chi connectivity index (χ0) is 59.7. The Morgan fingerprint density at radius 1 is 0.698 bits per heavy atom. The van der Waals surface area contributed by atoms with Crippen LogP contribution in [0.3, 0.4) is 0 Å². The number of nitrogens with zero attached hydrogens (tertiary/aromatic N) is 6. The minimum absolute atomic E-state index is 0.0509. The van der Waals surface area contributed by atoms with Crippen molar-refractivity contribution >= 4 is 69.6 Å². The van der Waals surface area contributed by atoms with E-state index in [1.165, 1.54) is 16.7 Å². The number of β-lactam (4-membered cyclic amide) rings is 1. The number of fused-ring (bicyclic) bond motifs is 1. The summed E-state index contributed by atoms with van der Waals surface area (Å²) in [6, 6.07) is 64.9. The van der Waals surface area contributed by atoms with Crippen LogP contribution < -0.4 is 20.1 Å². The lowest BCUT2D eigenvalue weighted by Gasteiger charge is -2.49. The Labute approximate surface area is 510 Å². The number of amides is 3. The SMILES string of the molecule is COc1ccc(OC(=O)C2=C(CSCCc3cn(C(c4ccccc4)(c4ccccc4)c4ccccc4)nn3)CS[C@@H]3[C@H](NC(=O)/C(=N\OC(c4ccccc4)(c4ccccc4)c4ccccc4)c4csc(NC(=O)OC(C)(C)C)n4)C(=O)N23)cc1. The van der Waals surface area contributed by atoms with Crippen molar-refractivity contribution in [2.45, 2.75) is 55.3 Å². The average Bonchev–Trinajstić information content (AvgIpc) is 1.10. The van der Waals surface area contributed by atoms with Gasteiger partial charge in [-0.15, -0.1) is 28.2 Å². The molecule has 0 radical (unpaired) electrons. The highest BCUT2D eigenvalue weighted by molar-refractivity contribution is 8.01. The normalized spacial score (nSPS) is 15.2. The predicted octanol–water partition coefficient (Wildman–Crippen LogP) is 11.9. The summed E-state index contributed by atoms with van der Waals surface area (Å²) in [6.07, 6.45) is 1.81. The van der Waals surface area contributed by atoms with E-state index in [0.717, 1.165) is 33.7 Å². The number of rotatable bonds is 21. The Bertz CT molecular complexity index is 3690. The fraction of sp³-hybridized carbons (Fsp3) is 0.194. The van der Waals surface area contributed by atoms with E-state index in [4.69, 9.17) is 29.4 Å². The molecule has 19 heteroatoms. The molecule has 2 aliphatic rings. The van der Waals surface area contributed by atoms with Gasteiger partial charge in [0.25, 0.3) is 11.8 Å². The van der Waals surface area contributed by atoms with E-state index in [2.05, 4.69) is 57.2 Å². The van der Waals surface area contributed by atoms with Crippen LogP contribution in [0.15, 0.2) is 234 Å². The number of benzene rings is 7. The summed E-state index contributed by atoms with van der Waals surface area (Å²) in [7, 11) is 1.54. The van der Waals surface area contributed by atoms with E-state index >= 15 is 4.79 Å². The largest absolute Gasteiger partial charge is 0.497 e. The predicted molar refractivity (Wildman–Crippen MR) is 335 cm³/mol. The quantitative estimate of drug-likeness (QED) is 0.0132. The van der Waals surface area contributed by atoms with Crippen molar-refractivity contribution in [1.29, 1.82) is 0 Å². The van der Waals surface area contributed by atoms with Crippen LogP contribution in [0.2, 0.25) is 0 Å². The van der Waals surface area contributed by atoms with E-state index < -0.39 is 52.0 Å². The van der Waals surface area contributed by atoms with Gasteiger partial charge in [0.15, 0.2) is 10.8 Å². The molecule has 0 saturated carbocycles. The summed E-state index contributed by atoms with van der Waals surface area (Å²) in [4.78, 5) is 70.2. The van der Waals surface area contributed by atoms with Crippen molar-refractivity contribution in [1.82, 2.24) is 30.2 Å². The fourth-order valence-electron chi connectivity index (χ4n) is 10.5. The summed E-state index contributed by atoms with van der Waals surface area (Å²) in [5.41, 5.74) is 3.53. The van der Waals surface area contributed by atoms with Crippen molar-refractivity contribution in [3.63, 3.8) is 0 Å². The number of hydrogen-bond acceptors (Lipinski definition) is 15. The number of thioether (sulfide) groups is 2. The summed E-state index contributed by atoms with van der Waals surface area (Å²) < 4.78 is 18.8. The molecule has 2 aliphatic heterocycles. The molecule has 4 heterocycles. The van der Waals surface area contributed by atoms with E-state index in [9.17, 15) is 14.4 Å². The van der Waals surface area contributed by atoms with Crippen LogP contribution in [0, 0.1) is 0 Å². The number of aryl methyl sites for hydroxylation is 1. The molecule has 2 N–H and O–H groups in total. The highest BCUT2D eigenvalue weighted by atomic mass is 32.2. The molecule has 3 amide bonds. The van der Waals surface area contributed by atoms with Gasteiger partial charge in [-0.1, -0.05) is 192 Å². The first-order valence-electron chi connectivity index (χ1n) is 27.7. The lowest BCUT2D eigenvalue weighted by Crippen LogP contribution is -2.71. The number of aromatic nitrogens is 4. The number of carbonyl (C=O) groups is 4. The molecule has 0 aliphatic carbocycles. The second-order valence-corrected chi connectivity index (χ2v) is 24.2. The Kier molecular flexibility index (Phi) is 17.6. The van der Waals surface area contributed by atoms with Gasteiger partial charge in [-0.2, -0.15) is 11.8 Å². The molecular formula is C67H60N8O8S3. The van der Waals surface area contributed by atoms with Crippen LogP contribution in [0.4, 0.5) is 9.93 Å². The second kappa shape index (κ2) is 25.9. The van der Waals surface area contributed by atoms with Gasteiger partial charge in [-0.05, 0) is 73.1 Å². The summed E-state index contributed by atoms with van der Waals surface area (Å²) >= 11 is 4.06. The highest BCUT2D eigenvalue weighted by Gasteiger charge is 2.55. The smallest absolute Gasteiger partial charge is 0.413 e. The van der Waals surface area contributed by atoms with Crippen molar-refractivity contribution in [2.24, 2.45) is 5.16 Å². The molecular weight excluding hydrogens is 1140 g/mol. The Hall–Kier alpha value is -9.30. The zero-order valence-corrected chi connectivity index (χ0v) is 49.9. The third kappa shape index (κ3) is 12.3. The Balaban J connectivity index is 0.876. The molecule has 86 heavy (non-hydrogen) atoms. The Morgan fingerprint density at radius 2 is 1.21 bits per heavy atom. The molecule has 7 aromatic carbocycles. The minimum Gasteiger partial charge on any atom is -0.497 e. The van der Waals surface area contributed by atoms with E-state index in [-0.39, 0.29) is 28.0 Å². The van der Waals surface area contributed by atoms with Crippen molar-refractivity contribution in [2.75, 3.05) is 29.7 Å². The number of anilines is 1. The first-order chi connectivity index (χ1) is 41.8. The van der Waals surface area contributed by atoms with Crippen LogP contribution in [-0.4, -0.2) is 95.9 Å². The van der Waals surface area contributed by atoms with Gasteiger partial charge in [0.2, 0.25) is 5.60 Å². The van der Waals surface area contributed by atoms with Crippen LogP contribution in [-0.2, 0) is 41.5 Å². The van der Waals surface area contributed by atoms with Crippen LogP contribution in [0.5, 0.6) is 11.5 Å². The van der Waals surface area contributed by atoms with Crippen molar-refractivity contribution in [3.8, 4) is 11.5 Å². The number of esters is 1. The van der Waals surface area contributed by atoms with Gasteiger partial charge >= 0.3 is 12.1 Å². The molecule has 11 rings (SSSR count). The van der Waals surface area contributed by atoms with Gasteiger partial charge in [-0.3, -0.25) is 19.8 Å². The fourth-order valence-corrected chi connectivity index (χ4v) is 13.6. The molecule has 0 unspecified atom stereocenters. The lowest BCUT2D eigenvalue weighted by atomic mass is 9.77. The highest BCUT2D eigenvalue weighted by Crippen LogP contribution is 2.44. The lowest BCUT2D eigenvalue weighted by molar-refractivity contribution is -0.149. The van der Waals surface area contributed by atoms with Crippen molar-refractivity contribution in [3.05, 3.63) is 274 Å². The van der Waals surface area contributed by atoms with Crippen LogP contribution in [0.25, 0.3) is 0 Å². The van der Waals surface area contributed by atoms with E-state index in [1.54, 1.807) is 69.3 Å². The minimum atomic E-state index is -1.40. The number of thiazole rings is 1. The van der Waals surface area contributed by atoms with Gasteiger partial charge in [0, 0.05) is 40.0 Å². The molecule has 1 saturated heterocycles. The molecule has 9 aromatic rings. The van der Waals surface area contributed by atoms with Crippen LogP contribution in [0.1, 0.15) is 65.5 Å². The zero-order valence-electron chi connectivity index (χ0n) is 47.4. The maximum Gasteiger partial charge on any atom is 0.413 e. The van der Waals surface area contributed by atoms with Crippen molar-refractivity contribution < 1.29 is 38.2 Å². The maximum atomic E-state index is 15.1. The number of methoxy groups -OCH3 is 1. The average molecular weight is 1200 g/mol. The third-order valence-corrected chi connectivity index (χ3v) is 17.6. The number of ether oxygens (including phenoxy) is 3. The molecule has 16 nitrogen and oxygen atoms in total. The molecule has 1 fully saturated rings. The standard InChI is InChI=1S/C67H60N8O8S3/c1-65(2,3)82-64(79)70-63-68-55(44-86-63)56(72-83-67(49-29-17-8-18-30-49,50-31-19-9-20-32-50)51-33-21-10-22-34-51)59(76)69-57-60(77)75-58(62(78)81-54-37-35-53(80-4)36-38-54)45(43-85-61(57)75)42-84-40-39-52-41-74(73-71-52)66(46-23-11-5-12-24-46,47-25-13-6-14-26-47)48-27-15-7-16-28-48/h5-38,41,44,57,61H,39-40,42-43H2,1-4H3,(H,69,76)(H,68,70,79)/b72-56-/t57-,61-/m1/s1. The maximum absolute atomic E-state index is 15.1. The monoisotopic (exact) mass is 1200 g/mol. The van der Waals surface area contributed by atoms with Crippen LogP contribution >= 0.6 is 34.9 Å². The molecule has 2 atom stereocenters.